The van der Waals surface area contributed by atoms with Gasteiger partial charge in [-0.25, -0.2) is 0 Å². The van der Waals surface area contributed by atoms with E-state index >= 15 is 0 Å². The quantitative estimate of drug-likeness (QED) is 0.827. The fourth-order valence-corrected chi connectivity index (χ4v) is 3.46. The van der Waals surface area contributed by atoms with E-state index in [4.69, 9.17) is 5.73 Å². The topological polar surface area (TPSA) is 32.5 Å². The van der Waals surface area contributed by atoms with Gasteiger partial charge in [-0.15, -0.1) is 0 Å². The van der Waals surface area contributed by atoms with Crippen LogP contribution in [0, 0.1) is 0 Å². The summed E-state index contributed by atoms with van der Waals surface area (Å²) < 4.78 is 0. The van der Waals surface area contributed by atoms with E-state index in [-0.39, 0.29) is 0 Å². The lowest BCUT2D eigenvalue weighted by Gasteiger charge is -2.27. The first-order valence-corrected chi connectivity index (χ1v) is 7.10. The molecule has 3 nitrogen and oxygen atoms in total. The van der Waals surface area contributed by atoms with Gasteiger partial charge in [-0.1, -0.05) is 19.1 Å². The van der Waals surface area contributed by atoms with E-state index in [0.29, 0.717) is 0 Å². The number of nitrogens with zero attached hydrogens (tertiary/aromatic N) is 2. The summed E-state index contributed by atoms with van der Waals surface area (Å²) in [5, 5.41) is 0. The summed E-state index contributed by atoms with van der Waals surface area (Å²) >= 11 is 0. The van der Waals surface area contributed by atoms with Gasteiger partial charge in [0.25, 0.3) is 0 Å². The summed E-state index contributed by atoms with van der Waals surface area (Å²) in [6.45, 7) is 8.05. The summed E-state index contributed by atoms with van der Waals surface area (Å²) in [5.41, 5.74) is 9.81. The van der Waals surface area contributed by atoms with Gasteiger partial charge in [0.1, 0.15) is 0 Å². The van der Waals surface area contributed by atoms with Crippen LogP contribution in [-0.2, 0) is 13.1 Å². The molecule has 3 rings (SSSR count). The van der Waals surface area contributed by atoms with Gasteiger partial charge in [0.2, 0.25) is 0 Å². The molecule has 2 N–H and O–H groups in total. The molecule has 1 atom stereocenters. The van der Waals surface area contributed by atoms with Crippen LogP contribution >= 0.6 is 0 Å². The van der Waals surface area contributed by atoms with E-state index in [2.05, 4.69) is 28.9 Å². The smallest absolute Gasteiger partial charge is 0.0363 e. The molecule has 0 saturated carbocycles. The van der Waals surface area contributed by atoms with E-state index in [1.165, 1.54) is 43.6 Å². The number of hydrogen-bond donors (Lipinski definition) is 1. The molecule has 0 aliphatic carbocycles. The fraction of sp³-hybridized carbons (Fsp3) is 0.600. The minimum Gasteiger partial charge on any atom is -0.398 e. The molecule has 0 bridgehead atoms. The highest BCUT2D eigenvalue weighted by atomic mass is 15.2. The third kappa shape index (κ3) is 2.13. The Labute approximate surface area is 110 Å². The normalized spacial score (nSPS) is 24.6. The van der Waals surface area contributed by atoms with Crippen LogP contribution in [-0.4, -0.2) is 35.5 Å². The molecule has 0 aromatic heterocycles. The van der Waals surface area contributed by atoms with Crippen molar-refractivity contribution in [3.8, 4) is 0 Å². The summed E-state index contributed by atoms with van der Waals surface area (Å²) in [5.74, 6) is 0. The van der Waals surface area contributed by atoms with Crippen LogP contribution in [0.1, 0.15) is 30.9 Å². The lowest BCUT2D eigenvalue weighted by atomic mass is 10.1. The summed E-state index contributed by atoms with van der Waals surface area (Å²) in [6, 6.07) is 7.07. The third-order valence-corrected chi connectivity index (χ3v) is 4.46. The van der Waals surface area contributed by atoms with Crippen LogP contribution in [0.5, 0.6) is 0 Å². The second kappa shape index (κ2) is 4.90. The van der Waals surface area contributed by atoms with E-state index < -0.39 is 0 Å². The monoisotopic (exact) mass is 245 g/mol. The fourth-order valence-electron chi connectivity index (χ4n) is 3.46. The van der Waals surface area contributed by atoms with Crippen LogP contribution in [0.2, 0.25) is 0 Å². The summed E-state index contributed by atoms with van der Waals surface area (Å²) in [4.78, 5) is 5.17. The molecule has 3 heteroatoms. The zero-order valence-electron chi connectivity index (χ0n) is 11.2. The van der Waals surface area contributed by atoms with Crippen molar-refractivity contribution in [2.45, 2.75) is 38.9 Å². The van der Waals surface area contributed by atoms with E-state index in [9.17, 15) is 0 Å². The number of anilines is 1. The number of likely N-dealkylation sites (tertiary alicyclic amines) is 1. The number of nitrogen functional groups attached to an aromatic ring is 1. The van der Waals surface area contributed by atoms with Crippen molar-refractivity contribution in [1.82, 2.24) is 9.80 Å². The largest absolute Gasteiger partial charge is 0.398 e. The molecule has 1 aromatic carbocycles. The van der Waals surface area contributed by atoms with Gasteiger partial charge in [0, 0.05) is 31.4 Å². The number of benzene rings is 1. The van der Waals surface area contributed by atoms with Crippen molar-refractivity contribution >= 4 is 5.69 Å². The summed E-state index contributed by atoms with van der Waals surface area (Å²) in [6.07, 6.45) is 2.72. The van der Waals surface area contributed by atoms with Crippen molar-refractivity contribution in [2.24, 2.45) is 0 Å². The van der Waals surface area contributed by atoms with Crippen LogP contribution in [0.3, 0.4) is 0 Å². The van der Waals surface area contributed by atoms with Gasteiger partial charge >= 0.3 is 0 Å². The van der Waals surface area contributed by atoms with Crippen molar-refractivity contribution in [3.63, 3.8) is 0 Å². The van der Waals surface area contributed by atoms with Crippen molar-refractivity contribution in [1.29, 1.82) is 0 Å². The predicted molar refractivity (Wildman–Crippen MR) is 75.2 cm³/mol. The molecule has 2 aliphatic rings. The molecule has 2 aliphatic heterocycles. The highest BCUT2D eigenvalue weighted by molar-refractivity contribution is 5.52. The van der Waals surface area contributed by atoms with Gasteiger partial charge in [-0.05, 0) is 43.1 Å². The maximum absolute atomic E-state index is 6.06. The van der Waals surface area contributed by atoms with Gasteiger partial charge in [-0.3, -0.25) is 9.80 Å². The molecule has 98 valence electrons. The highest BCUT2D eigenvalue weighted by Gasteiger charge is 2.28. The first-order chi connectivity index (χ1) is 8.78. The lowest BCUT2D eigenvalue weighted by molar-refractivity contribution is 0.178. The third-order valence-electron chi connectivity index (χ3n) is 4.46. The predicted octanol–water partition coefficient (Wildman–Crippen LogP) is 2.07. The molecular weight excluding hydrogens is 222 g/mol. The minimum absolute atomic E-state index is 0.755. The van der Waals surface area contributed by atoms with Crippen molar-refractivity contribution in [3.05, 3.63) is 29.3 Å². The van der Waals surface area contributed by atoms with Crippen LogP contribution in [0.25, 0.3) is 0 Å². The van der Waals surface area contributed by atoms with Crippen molar-refractivity contribution < 1.29 is 0 Å². The zero-order chi connectivity index (χ0) is 12.5. The first kappa shape index (κ1) is 12.0. The molecule has 2 heterocycles. The molecule has 1 fully saturated rings. The molecule has 1 saturated heterocycles. The Bertz CT molecular complexity index is 430. The SMILES string of the molecule is CCN1CCCC1CN1Cc2cccc(N)c2C1. The average molecular weight is 245 g/mol. The van der Waals surface area contributed by atoms with Crippen LogP contribution < -0.4 is 5.73 Å². The van der Waals surface area contributed by atoms with Gasteiger partial charge < -0.3 is 5.73 Å². The average Bonchev–Trinajstić information content (AvgIpc) is 2.96. The van der Waals surface area contributed by atoms with Gasteiger partial charge in [-0.2, -0.15) is 0 Å². The van der Waals surface area contributed by atoms with E-state index in [1.54, 1.807) is 0 Å². The molecule has 18 heavy (non-hydrogen) atoms. The molecule has 0 spiro atoms. The number of nitrogens with two attached hydrogens (primary N) is 1. The molecule has 1 aromatic rings. The standard InChI is InChI=1S/C15H23N3/c1-2-18-8-4-6-13(18)10-17-9-12-5-3-7-15(16)14(12)11-17/h3,5,7,13H,2,4,6,8-11,16H2,1H3. The number of rotatable bonds is 3. The second-order valence-corrected chi connectivity index (χ2v) is 5.58. The molecule has 0 amide bonds. The van der Waals surface area contributed by atoms with Crippen LogP contribution in [0.4, 0.5) is 5.69 Å². The molecular formula is C15H23N3. The van der Waals surface area contributed by atoms with Crippen molar-refractivity contribution in [2.75, 3.05) is 25.4 Å². The Kier molecular flexibility index (Phi) is 3.27. The van der Waals surface area contributed by atoms with E-state index in [1.807, 2.05) is 6.07 Å². The maximum Gasteiger partial charge on any atom is 0.0363 e. The molecule has 0 radical (unpaired) electrons. The highest BCUT2D eigenvalue weighted by Crippen LogP contribution is 2.29. The zero-order valence-corrected chi connectivity index (χ0v) is 11.2. The minimum atomic E-state index is 0.755. The first-order valence-electron chi connectivity index (χ1n) is 7.10. The summed E-state index contributed by atoms with van der Waals surface area (Å²) in [7, 11) is 0. The Hall–Kier alpha value is -1.06. The maximum atomic E-state index is 6.06. The Morgan fingerprint density at radius 2 is 2.22 bits per heavy atom. The molecule has 1 unspecified atom stereocenters. The Morgan fingerprint density at radius 3 is 3.00 bits per heavy atom. The lowest BCUT2D eigenvalue weighted by Crippen LogP contribution is -2.38. The van der Waals surface area contributed by atoms with Gasteiger partial charge in [0.15, 0.2) is 0 Å². The number of fused-ring (bicyclic) bond motifs is 1. The number of likely N-dealkylation sites (N-methyl/N-ethyl adjacent to an activating group) is 1. The van der Waals surface area contributed by atoms with E-state index in [0.717, 1.165) is 24.8 Å². The van der Waals surface area contributed by atoms with Gasteiger partial charge in [0.05, 0.1) is 0 Å². The Morgan fingerprint density at radius 1 is 1.33 bits per heavy atom. The Balaban J connectivity index is 1.66. The second-order valence-electron chi connectivity index (χ2n) is 5.58. The van der Waals surface area contributed by atoms with Crippen LogP contribution in [0.15, 0.2) is 18.2 Å². The number of hydrogen-bond acceptors (Lipinski definition) is 3.